The Morgan fingerprint density at radius 2 is 1.85 bits per heavy atom. The first-order valence-corrected chi connectivity index (χ1v) is 19.8. The third-order valence-corrected chi connectivity index (χ3v) is 13.5. The standard InChI is InChI=1S/C38H46FN5O8S/c1-37(16-17-37)53(49,50)42-35(47)38-20-25(38)11-6-4-3-5-7-15-31(40-26-12-9-13-27(18-26)51-2)34(46)44-22-28(19-32(44)33(45)41-38)52-36(48)43-21-24-10-8-14-30(39)29(24)23-43/h6,8-14,18,25,28,31-32,40H,3-5,7,15-17,19-23H2,1-2H3,(H,41,45)(H,42,47)/b11-6-/t25-,28-,31+,32+,38-/m1/s1. The van der Waals surface area contributed by atoms with Gasteiger partial charge < -0.3 is 25.0 Å². The van der Waals surface area contributed by atoms with E-state index in [4.69, 9.17) is 9.47 Å². The molecule has 3 heterocycles. The zero-order valence-corrected chi connectivity index (χ0v) is 30.8. The summed E-state index contributed by atoms with van der Waals surface area (Å²) in [6.07, 6.45) is 6.77. The zero-order chi connectivity index (χ0) is 37.5. The summed E-state index contributed by atoms with van der Waals surface area (Å²) in [5.41, 5.74) is 0.212. The molecule has 1 saturated heterocycles. The van der Waals surface area contributed by atoms with E-state index in [-0.39, 0.29) is 38.4 Å². The van der Waals surface area contributed by atoms with Gasteiger partial charge in [-0.25, -0.2) is 17.6 Å². The Morgan fingerprint density at radius 3 is 2.60 bits per heavy atom. The lowest BCUT2D eigenvalue weighted by molar-refractivity contribution is -0.140. The van der Waals surface area contributed by atoms with Crippen molar-refractivity contribution in [3.8, 4) is 5.75 Å². The van der Waals surface area contributed by atoms with Crippen LogP contribution in [0.2, 0.25) is 0 Å². The Bertz CT molecular complexity index is 1940. The molecule has 4 amide bonds. The van der Waals surface area contributed by atoms with Gasteiger partial charge in [-0.15, -0.1) is 0 Å². The molecule has 0 radical (unpaired) electrons. The summed E-state index contributed by atoms with van der Waals surface area (Å²) >= 11 is 0. The number of carbonyl (C=O) groups excluding carboxylic acids is 4. The molecule has 2 saturated carbocycles. The van der Waals surface area contributed by atoms with Crippen LogP contribution in [0.25, 0.3) is 0 Å². The van der Waals surface area contributed by atoms with E-state index >= 15 is 0 Å². The van der Waals surface area contributed by atoms with Crippen molar-refractivity contribution < 1.29 is 41.5 Å². The fourth-order valence-electron chi connectivity index (χ4n) is 7.59. The molecule has 2 aromatic rings. The summed E-state index contributed by atoms with van der Waals surface area (Å²) in [5, 5.41) is 6.19. The van der Waals surface area contributed by atoms with E-state index < -0.39 is 68.1 Å². The van der Waals surface area contributed by atoms with Gasteiger partial charge >= 0.3 is 6.09 Å². The third-order valence-electron chi connectivity index (χ3n) is 11.3. The SMILES string of the molecule is COc1cccc(N[C@H]2CCCCC/C=C\[C@@H]3C[C@@]3(C(=O)NS(=O)(=O)C3(C)CC3)NC(=O)[C@@H]3C[C@@H](OC(=O)N4Cc5cccc(F)c5C4)CN3C2=O)c1. The Balaban J connectivity index is 1.15. The van der Waals surface area contributed by atoms with E-state index in [1.54, 1.807) is 44.4 Å². The molecular weight excluding hydrogens is 706 g/mol. The molecule has 0 aromatic heterocycles. The number of allylic oxidation sites excluding steroid dienone is 1. The molecule has 7 rings (SSSR count). The lowest BCUT2D eigenvalue weighted by Gasteiger charge is -2.30. The Labute approximate surface area is 308 Å². The zero-order valence-electron chi connectivity index (χ0n) is 29.9. The van der Waals surface area contributed by atoms with Gasteiger partial charge in [0.15, 0.2) is 0 Å². The highest BCUT2D eigenvalue weighted by Crippen LogP contribution is 2.47. The van der Waals surface area contributed by atoms with Gasteiger partial charge in [-0.1, -0.05) is 43.2 Å². The number of fused-ring (bicyclic) bond motifs is 3. The lowest BCUT2D eigenvalue weighted by atomic mass is 10.0. The number of nitrogens with one attached hydrogen (secondary N) is 3. The van der Waals surface area contributed by atoms with E-state index in [1.165, 1.54) is 15.9 Å². The summed E-state index contributed by atoms with van der Waals surface area (Å²) in [7, 11) is -2.44. The second-order valence-electron chi connectivity index (χ2n) is 15.1. The van der Waals surface area contributed by atoms with E-state index in [1.807, 2.05) is 18.2 Å². The van der Waals surface area contributed by atoms with Crippen molar-refractivity contribution in [2.45, 2.75) is 106 Å². The van der Waals surface area contributed by atoms with Gasteiger partial charge in [-0.2, -0.15) is 0 Å². The first kappa shape index (κ1) is 36.7. The Morgan fingerprint density at radius 1 is 1.06 bits per heavy atom. The average Bonchev–Trinajstić information content (AvgIpc) is 3.92. The minimum atomic E-state index is -3.99. The minimum absolute atomic E-state index is 0.0289. The predicted molar refractivity (Wildman–Crippen MR) is 192 cm³/mol. The van der Waals surface area contributed by atoms with Crippen molar-refractivity contribution in [3.05, 3.63) is 71.6 Å². The second kappa shape index (κ2) is 14.3. The molecule has 2 aromatic carbocycles. The van der Waals surface area contributed by atoms with E-state index in [9.17, 15) is 32.0 Å². The van der Waals surface area contributed by atoms with E-state index in [0.29, 0.717) is 48.2 Å². The fourth-order valence-corrected chi connectivity index (χ4v) is 8.90. The van der Waals surface area contributed by atoms with Gasteiger partial charge in [-0.3, -0.25) is 24.0 Å². The van der Waals surface area contributed by atoms with Crippen molar-refractivity contribution in [1.29, 1.82) is 0 Å². The monoisotopic (exact) mass is 751 g/mol. The van der Waals surface area contributed by atoms with Gasteiger partial charge in [0.25, 0.3) is 5.91 Å². The van der Waals surface area contributed by atoms with Crippen molar-refractivity contribution in [1.82, 2.24) is 19.8 Å². The number of carbonyl (C=O) groups is 4. The van der Waals surface area contributed by atoms with Crippen LogP contribution in [0.5, 0.6) is 5.75 Å². The van der Waals surface area contributed by atoms with Gasteiger partial charge in [0, 0.05) is 36.2 Å². The van der Waals surface area contributed by atoms with Crippen LogP contribution < -0.4 is 20.1 Å². The average molecular weight is 752 g/mol. The molecule has 13 nitrogen and oxygen atoms in total. The number of benzene rings is 2. The summed E-state index contributed by atoms with van der Waals surface area (Å²) in [6, 6.07) is 9.96. The van der Waals surface area contributed by atoms with Crippen molar-refractivity contribution in [2.24, 2.45) is 5.92 Å². The van der Waals surface area contributed by atoms with Crippen molar-refractivity contribution >= 4 is 39.5 Å². The van der Waals surface area contributed by atoms with Crippen LogP contribution in [0.1, 0.15) is 75.8 Å². The van der Waals surface area contributed by atoms with Crippen LogP contribution in [0.4, 0.5) is 14.9 Å². The molecule has 3 N–H and O–H groups in total. The number of hydrogen-bond acceptors (Lipinski definition) is 9. The molecule has 0 unspecified atom stereocenters. The van der Waals surface area contributed by atoms with Gasteiger partial charge in [-0.05, 0) is 69.2 Å². The van der Waals surface area contributed by atoms with Gasteiger partial charge in [0.1, 0.15) is 35.3 Å². The number of sulfonamides is 1. The highest BCUT2D eigenvalue weighted by molar-refractivity contribution is 7.91. The maximum Gasteiger partial charge on any atom is 0.410 e. The first-order valence-electron chi connectivity index (χ1n) is 18.3. The highest BCUT2D eigenvalue weighted by Gasteiger charge is 2.63. The molecular formula is C38H46FN5O8S. The van der Waals surface area contributed by atoms with Gasteiger partial charge in [0.2, 0.25) is 21.8 Å². The van der Waals surface area contributed by atoms with Crippen LogP contribution in [-0.4, -0.2) is 84.2 Å². The molecule has 3 fully saturated rings. The largest absolute Gasteiger partial charge is 0.497 e. The molecule has 5 aliphatic rings. The lowest BCUT2D eigenvalue weighted by Crippen LogP contribution is -2.58. The number of anilines is 1. The number of amides is 4. The molecule has 5 atom stereocenters. The maximum atomic E-state index is 14.5. The highest BCUT2D eigenvalue weighted by atomic mass is 32.2. The smallest absolute Gasteiger partial charge is 0.410 e. The summed E-state index contributed by atoms with van der Waals surface area (Å²) < 4.78 is 53.1. The summed E-state index contributed by atoms with van der Waals surface area (Å²) in [4.78, 5) is 58.8. The molecule has 0 spiro atoms. The van der Waals surface area contributed by atoms with Crippen molar-refractivity contribution in [2.75, 3.05) is 19.0 Å². The Kier molecular flexibility index (Phi) is 9.89. The molecule has 0 bridgehead atoms. The quantitative estimate of drug-likeness (QED) is 0.353. The molecule has 15 heteroatoms. The minimum Gasteiger partial charge on any atom is -0.497 e. The van der Waals surface area contributed by atoms with Crippen LogP contribution in [0.3, 0.4) is 0 Å². The molecule has 3 aliphatic heterocycles. The normalized spacial score (nSPS) is 28.6. The number of rotatable bonds is 7. The van der Waals surface area contributed by atoms with E-state index in [0.717, 1.165) is 19.3 Å². The summed E-state index contributed by atoms with van der Waals surface area (Å²) in [6.45, 7) is 1.67. The number of methoxy groups -OCH3 is 1. The van der Waals surface area contributed by atoms with Crippen LogP contribution in [0.15, 0.2) is 54.6 Å². The van der Waals surface area contributed by atoms with Crippen molar-refractivity contribution in [3.63, 3.8) is 0 Å². The topological polar surface area (TPSA) is 163 Å². The van der Waals surface area contributed by atoms with Crippen LogP contribution in [0, 0.1) is 11.7 Å². The number of ether oxygens (including phenoxy) is 2. The number of halogens is 1. The number of hydrogen-bond donors (Lipinski definition) is 3. The fraction of sp³-hybridized carbons (Fsp3) is 0.526. The second-order valence-corrected chi connectivity index (χ2v) is 17.3. The first-order chi connectivity index (χ1) is 25.3. The Hall–Kier alpha value is -4.66. The maximum absolute atomic E-state index is 14.5. The van der Waals surface area contributed by atoms with Crippen LogP contribution in [-0.2, 0) is 42.2 Å². The molecule has 2 aliphatic carbocycles. The molecule has 284 valence electrons. The predicted octanol–water partition coefficient (Wildman–Crippen LogP) is 4.13. The third kappa shape index (κ3) is 7.44. The summed E-state index contributed by atoms with van der Waals surface area (Å²) in [5.74, 6) is -2.10. The molecule has 53 heavy (non-hydrogen) atoms. The van der Waals surface area contributed by atoms with Crippen LogP contribution >= 0.6 is 0 Å². The number of nitrogens with zero attached hydrogens (tertiary/aromatic N) is 2. The van der Waals surface area contributed by atoms with E-state index in [2.05, 4.69) is 15.4 Å². The van der Waals surface area contributed by atoms with Gasteiger partial charge in [0.05, 0.1) is 24.9 Å².